The first-order valence-corrected chi connectivity index (χ1v) is 13.5. The minimum Gasteiger partial charge on any atom is -0.493 e. The molecule has 1 aliphatic heterocycles. The Bertz CT molecular complexity index is 1490. The van der Waals surface area contributed by atoms with Gasteiger partial charge in [0.25, 0.3) is 11.1 Å². The molecular formula is C24H16Cl3NO6S2. The Morgan fingerprint density at radius 3 is 2.33 bits per heavy atom. The lowest BCUT2D eigenvalue weighted by Gasteiger charge is -2.14. The van der Waals surface area contributed by atoms with Crippen molar-refractivity contribution in [3.05, 3.63) is 91.8 Å². The Balaban J connectivity index is 1.66. The first-order valence-electron chi connectivity index (χ1n) is 10.2. The Morgan fingerprint density at radius 1 is 0.972 bits per heavy atom. The fraction of sp³-hybridized carbons (Fsp3) is 0.0833. The van der Waals surface area contributed by atoms with Crippen molar-refractivity contribution in [3.63, 3.8) is 0 Å². The van der Waals surface area contributed by atoms with Gasteiger partial charge in [0.2, 0.25) is 0 Å². The van der Waals surface area contributed by atoms with Crippen molar-refractivity contribution in [1.29, 1.82) is 0 Å². The van der Waals surface area contributed by atoms with Crippen LogP contribution in [-0.4, -0.2) is 31.6 Å². The normalized spacial score (nSPS) is 15.0. The van der Waals surface area contributed by atoms with E-state index in [1.54, 1.807) is 24.3 Å². The number of hydrogen-bond donors (Lipinski definition) is 0. The molecule has 7 nitrogen and oxygen atoms in total. The van der Waals surface area contributed by atoms with E-state index in [1.165, 1.54) is 49.6 Å². The molecule has 1 heterocycles. The van der Waals surface area contributed by atoms with Crippen molar-refractivity contribution in [2.45, 2.75) is 11.4 Å². The van der Waals surface area contributed by atoms with Crippen LogP contribution in [0.25, 0.3) is 6.08 Å². The van der Waals surface area contributed by atoms with Crippen LogP contribution in [0, 0.1) is 0 Å². The van der Waals surface area contributed by atoms with Gasteiger partial charge in [-0.15, -0.1) is 0 Å². The molecule has 0 N–H and O–H groups in total. The SMILES string of the molecule is COc1cccc(/C=C2\SC(=O)N(Cc3ccc(Cl)cc3Cl)C2=O)c1OS(=O)(=O)c1ccc(Cl)cc1. The number of carbonyl (C=O) groups excluding carboxylic acids is 2. The van der Waals surface area contributed by atoms with Crippen molar-refractivity contribution in [2.75, 3.05) is 7.11 Å². The summed E-state index contributed by atoms with van der Waals surface area (Å²) < 4.78 is 36.5. The summed E-state index contributed by atoms with van der Waals surface area (Å²) in [6.45, 7) is -0.0512. The van der Waals surface area contributed by atoms with Crippen LogP contribution in [-0.2, 0) is 21.5 Å². The second-order valence-electron chi connectivity index (χ2n) is 7.37. The van der Waals surface area contributed by atoms with Crippen molar-refractivity contribution < 1.29 is 26.9 Å². The van der Waals surface area contributed by atoms with E-state index in [0.717, 1.165) is 4.90 Å². The van der Waals surface area contributed by atoms with Crippen LogP contribution in [0.2, 0.25) is 15.1 Å². The predicted octanol–water partition coefficient (Wildman–Crippen LogP) is 6.66. The quantitative estimate of drug-likeness (QED) is 0.227. The molecule has 1 aliphatic rings. The number of methoxy groups -OCH3 is 1. The minimum absolute atomic E-state index is 0.0512. The molecule has 36 heavy (non-hydrogen) atoms. The van der Waals surface area contributed by atoms with E-state index in [4.69, 9.17) is 43.7 Å². The van der Waals surface area contributed by atoms with E-state index < -0.39 is 21.3 Å². The molecule has 3 aromatic rings. The standard InChI is InChI=1S/C24H16Cl3NO6S2/c1-33-20-4-2-3-14(22(20)34-36(31,32)18-9-7-16(25)8-10-18)11-21-23(29)28(24(30)35-21)13-15-5-6-17(26)12-19(15)27/h2-12H,13H2,1H3/b21-11-. The summed E-state index contributed by atoms with van der Waals surface area (Å²) >= 11 is 18.7. The number of nitrogens with zero attached hydrogens (tertiary/aromatic N) is 1. The molecule has 2 amide bonds. The number of hydrogen-bond acceptors (Lipinski definition) is 7. The maximum Gasteiger partial charge on any atom is 0.339 e. The fourth-order valence-electron chi connectivity index (χ4n) is 3.25. The summed E-state index contributed by atoms with van der Waals surface area (Å²) in [6, 6.07) is 14.9. The average Bonchev–Trinajstić information content (AvgIpc) is 3.09. The van der Waals surface area contributed by atoms with E-state index >= 15 is 0 Å². The van der Waals surface area contributed by atoms with E-state index in [2.05, 4.69) is 0 Å². The van der Waals surface area contributed by atoms with Gasteiger partial charge < -0.3 is 8.92 Å². The number of thioether (sulfide) groups is 1. The predicted molar refractivity (Wildman–Crippen MR) is 140 cm³/mol. The molecule has 0 atom stereocenters. The zero-order chi connectivity index (χ0) is 26.0. The Morgan fingerprint density at radius 2 is 1.67 bits per heavy atom. The number of halogens is 3. The van der Waals surface area contributed by atoms with E-state index in [0.29, 0.717) is 32.4 Å². The van der Waals surface area contributed by atoms with Gasteiger partial charge in [-0.1, -0.05) is 53.0 Å². The van der Waals surface area contributed by atoms with E-state index in [9.17, 15) is 18.0 Å². The van der Waals surface area contributed by atoms with E-state index in [1.807, 2.05) is 0 Å². The number of ether oxygens (including phenoxy) is 1. The third-order valence-corrected chi connectivity index (χ3v) is 8.01. The smallest absolute Gasteiger partial charge is 0.339 e. The summed E-state index contributed by atoms with van der Waals surface area (Å²) in [7, 11) is -2.91. The number of para-hydroxylation sites is 1. The summed E-state index contributed by atoms with van der Waals surface area (Å²) in [4.78, 5) is 26.7. The lowest BCUT2D eigenvalue weighted by Crippen LogP contribution is -2.27. The molecule has 0 aliphatic carbocycles. The number of benzene rings is 3. The Hall–Kier alpha value is -2.69. The minimum atomic E-state index is -4.27. The van der Waals surface area contributed by atoms with Crippen LogP contribution in [0.15, 0.2) is 70.5 Å². The molecule has 0 radical (unpaired) electrons. The van der Waals surface area contributed by atoms with Crippen molar-refractivity contribution in [3.8, 4) is 11.5 Å². The van der Waals surface area contributed by atoms with Crippen LogP contribution in [0.1, 0.15) is 11.1 Å². The monoisotopic (exact) mass is 583 g/mol. The van der Waals surface area contributed by atoms with Gasteiger partial charge in [-0.3, -0.25) is 14.5 Å². The molecule has 12 heteroatoms. The average molecular weight is 585 g/mol. The van der Waals surface area contributed by atoms with Gasteiger partial charge in [-0.2, -0.15) is 8.42 Å². The van der Waals surface area contributed by atoms with Gasteiger partial charge in [-0.05, 0) is 65.9 Å². The number of carbonyl (C=O) groups is 2. The van der Waals surface area contributed by atoms with Crippen molar-refractivity contribution in [2.24, 2.45) is 0 Å². The molecule has 3 aromatic carbocycles. The summed E-state index contributed by atoms with van der Waals surface area (Å²) in [5.74, 6) is -0.582. The van der Waals surface area contributed by atoms with Gasteiger partial charge >= 0.3 is 10.1 Å². The molecular weight excluding hydrogens is 569 g/mol. The second kappa shape index (κ2) is 10.7. The molecule has 1 saturated heterocycles. The molecule has 4 rings (SSSR count). The third-order valence-electron chi connectivity index (χ3n) is 5.03. The van der Waals surface area contributed by atoms with Gasteiger partial charge in [0.1, 0.15) is 4.90 Å². The summed E-state index contributed by atoms with van der Waals surface area (Å²) in [5.41, 5.74) is 0.769. The number of imide groups is 1. The maximum absolute atomic E-state index is 13.1. The summed E-state index contributed by atoms with van der Waals surface area (Å²) in [5, 5.41) is 0.609. The molecule has 186 valence electrons. The van der Waals surface area contributed by atoms with Gasteiger partial charge in [0.05, 0.1) is 18.6 Å². The highest BCUT2D eigenvalue weighted by Crippen LogP contribution is 2.39. The summed E-state index contributed by atoms with van der Waals surface area (Å²) in [6.07, 6.45) is 1.38. The van der Waals surface area contributed by atoms with Crippen LogP contribution in [0.3, 0.4) is 0 Å². The molecule has 0 unspecified atom stereocenters. The van der Waals surface area contributed by atoms with Crippen LogP contribution in [0.5, 0.6) is 11.5 Å². The third kappa shape index (κ3) is 5.66. The highest BCUT2D eigenvalue weighted by atomic mass is 35.5. The zero-order valence-corrected chi connectivity index (χ0v) is 22.3. The maximum atomic E-state index is 13.1. The lowest BCUT2D eigenvalue weighted by molar-refractivity contribution is -0.123. The molecule has 1 fully saturated rings. The Kier molecular flexibility index (Phi) is 7.87. The first-order chi connectivity index (χ1) is 17.1. The largest absolute Gasteiger partial charge is 0.493 e. The van der Waals surface area contributed by atoms with Gasteiger partial charge in [0, 0.05) is 20.6 Å². The topological polar surface area (TPSA) is 90.0 Å². The van der Waals surface area contributed by atoms with E-state index in [-0.39, 0.29) is 33.4 Å². The number of rotatable bonds is 7. The molecule has 0 saturated carbocycles. The van der Waals surface area contributed by atoms with Crippen molar-refractivity contribution >= 4 is 73.9 Å². The second-order valence-corrected chi connectivity index (χ2v) is 11.2. The zero-order valence-electron chi connectivity index (χ0n) is 18.4. The first kappa shape index (κ1) is 26.4. The Labute approximate surface area is 226 Å². The van der Waals surface area contributed by atoms with Crippen LogP contribution < -0.4 is 8.92 Å². The van der Waals surface area contributed by atoms with Gasteiger partial charge in [0.15, 0.2) is 11.5 Å². The van der Waals surface area contributed by atoms with Crippen LogP contribution >= 0.6 is 46.6 Å². The fourth-order valence-corrected chi connectivity index (χ4v) is 5.64. The molecule has 0 spiro atoms. The molecule has 0 bridgehead atoms. The number of amides is 2. The highest BCUT2D eigenvalue weighted by molar-refractivity contribution is 8.18. The van der Waals surface area contributed by atoms with Crippen LogP contribution in [0.4, 0.5) is 4.79 Å². The molecule has 0 aromatic heterocycles. The lowest BCUT2D eigenvalue weighted by atomic mass is 10.1. The highest BCUT2D eigenvalue weighted by Gasteiger charge is 2.36. The van der Waals surface area contributed by atoms with Crippen molar-refractivity contribution in [1.82, 2.24) is 4.90 Å². The van der Waals surface area contributed by atoms with Gasteiger partial charge in [-0.25, -0.2) is 0 Å².